The molecule has 0 unspecified atom stereocenters. The topological polar surface area (TPSA) is 95.6 Å². The molecular formula is C22H18ClF2N3O4. The van der Waals surface area contributed by atoms with Gasteiger partial charge in [-0.1, -0.05) is 35.9 Å². The van der Waals surface area contributed by atoms with Crippen LogP contribution in [0.2, 0.25) is 5.02 Å². The van der Waals surface area contributed by atoms with Gasteiger partial charge < -0.3 is 10.2 Å². The summed E-state index contributed by atoms with van der Waals surface area (Å²) in [5.41, 5.74) is 1.08. The van der Waals surface area contributed by atoms with Crippen LogP contribution < -0.4 is 10.6 Å². The van der Waals surface area contributed by atoms with E-state index >= 15 is 0 Å². The molecule has 2 aliphatic rings. The third kappa shape index (κ3) is 4.08. The number of carbonyl (C=O) groups is 4. The van der Waals surface area contributed by atoms with Crippen LogP contribution in [0.1, 0.15) is 39.9 Å². The monoisotopic (exact) mass is 461 g/mol. The van der Waals surface area contributed by atoms with Crippen LogP contribution in [0.5, 0.6) is 0 Å². The molecule has 32 heavy (non-hydrogen) atoms. The van der Waals surface area contributed by atoms with Crippen molar-refractivity contribution < 1.29 is 28.0 Å². The van der Waals surface area contributed by atoms with E-state index in [1.54, 1.807) is 18.2 Å². The van der Waals surface area contributed by atoms with Crippen molar-refractivity contribution in [2.45, 2.75) is 37.9 Å². The number of carbonyl (C=O) groups excluding carboxylic acids is 4. The van der Waals surface area contributed by atoms with E-state index in [2.05, 4.69) is 10.6 Å². The Morgan fingerprint density at radius 2 is 1.88 bits per heavy atom. The number of benzene rings is 2. The zero-order valence-corrected chi connectivity index (χ0v) is 17.4. The van der Waals surface area contributed by atoms with E-state index in [0.29, 0.717) is 16.7 Å². The van der Waals surface area contributed by atoms with Crippen LogP contribution in [0, 0.1) is 0 Å². The largest absolute Gasteiger partial charge is 0.349 e. The summed E-state index contributed by atoms with van der Waals surface area (Å²) in [6, 6.07) is 8.74. The Kier molecular flexibility index (Phi) is 5.68. The van der Waals surface area contributed by atoms with Gasteiger partial charge in [-0.15, -0.1) is 0 Å². The maximum Gasteiger partial charge on any atom is 0.349 e. The van der Waals surface area contributed by atoms with Gasteiger partial charge in [-0.2, -0.15) is 8.78 Å². The summed E-state index contributed by atoms with van der Waals surface area (Å²) in [5.74, 6) is -6.41. The van der Waals surface area contributed by atoms with Crippen LogP contribution in [-0.2, 0) is 33.4 Å². The van der Waals surface area contributed by atoms with Gasteiger partial charge in [0.2, 0.25) is 11.8 Å². The van der Waals surface area contributed by atoms with Gasteiger partial charge >= 0.3 is 5.92 Å². The molecular weight excluding hydrogens is 444 g/mol. The summed E-state index contributed by atoms with van der Waals surface area (Å²) in [6.07, 6.45) is 0.392. The Bertz CT molecular complexity index is 1120. The van der Waals surface area contributed by atoms with Crippen LogP contribution in [0.25, 0.3) is 0 Å². The van der Waals surface area contributed by atoms with E-state index in [-0.39, 0.29) is 42.8 Å². The predicted molar refractivity (Wildman–Crippen MR) is 110 cm³/mol. The van der Waals surface area contributed by atoms with Gasteiger partial charge in [0.15, 0.2) is 0 Å². The second-order valence-electron chi connectivity index (χ2n) is 7.66. The normalized spacial score (nSPS) is 18.4. The first kappa shape index (κ1) is 21.9. The average Bonchev–Trinajstić information content (AvgIpc) is 3.08. The molecule has 1 saturated heterocycles. The Hall–Kier alpha value is -3.33. The highest BCUT2D eigenvalue weighted by Gasteiger charge is 2.41. The summed E-state index contributed by atoms with van der Waals surface area (Å²) in [5, 5.41) is 4.73. The van der Waals surface area contributed by atoms with Crippen LogP contribution in [0.4, 0.5) is 8.78 Å². The van der Waals surface area contributed by atoms with Gasteiger partial charge in [-0.05, 0) is 35.7 Å². The maximum absolute atomic E-state index is 14.4. The number of nitrogens with zero attached hydrogens (tertiary/aromatic N) is 1. The predicted octanol–water partition coefficient (Wildman–Crippen LogP) is 2.51. The first-order chi connectivity index (χ1) is 15.2. The van der Waals surface area contributed by atoms with Crippen molar-refractivity contribution in [2.24, 2.45) is 0 Å². The smallest absolute Gasteiger partial charge is 0.346 e. The number of piperidine rings is 1. The Balaban J connectivity index is 1.43. The summed E-state index contributed by atoms with van der Waals surface area (Å²) < 4.78 is 28.8. The first-order valence-corrected chi connectivity index (χ1v) is 10.2. The molecule has 1 fully saturated rings. The number of alkyl halides is 2. The van der Waals surface area contributed by atoms with Crippen molar-refractivity contribution in [2.75, 3.05) is 0 Å². The fourth-order valence-electron chi connectivity index (χ4n) is 3.82. The molecule has 0 bridgehead atoms. The second-order valence-corrected chi connectivity index (χ2v) is 8.09. The fraction of sp³-hybridized carbons (Fsp3) is 0.273. The van der Waals surface area contributed by atoms with Gasteiger partial charge in [0.05, 0.1) is 0 Å². The molecule has 7 nitrogen and oxygen atoms in total. The molecule has 2 aromatic rings. The van der Waals surface area contributed by atoms with Crippen LogP contribution in [-0.4, -0.2) is 34.6 Å². The third-order valence-corrected chi connectivity index (χ3v) is 5.78. The summed E-state index contributed by atoms with van der Waals surface area (Å²) in [7, 11) is 0. The summed E-state index contributed by atoms with van der Waals surface area (Å²) in [4.78, 5) is 49.7. The van der Waals surface area contributed by atoms with E-state index < -0.39 is 29.3 Å². The minimum absolute atomic E-state index is 0.148. The van der Waals surface area contributed by atoms with Crippen LogP contribution in [0.15, 0.2) is 42.5 Å². The van der Waals surface area contributed by atoms with Crippen LogP contribution >= 0.6 is 11.6 Å². The Labute approximate surface area is 186 Å². The lowest BCUT2D eigenvalue weighted by Crippen LogP contribution is -2.52. The zero-order valence-electron chi connectivity index (χ0n) is 16.7. The van der Waals surface area contributed by atoms with E-state index in [9.17, 15) is 28.0 Å². The molecule has 2 aliphatic heterocycles. The number of fused-ring (bicyclic) bond motifs is 1. The van der Waals surface area contributed by atoms with Gasteiger partial charge in [-0.3, -0.25) is 24.5 Å². The Morgan fingerprint density at radius 1 is 1.16 bits per heavy atom. The molecule has 2 heterocycles. The standard InChI is InChI=1S/C22H18ClF2N3O4/c23-15-4-2-14(3-5-15)22(24,25)21(32)26-10-12-1-6-16-13(9-12)11-28(20(16)31)17-7-8-18(29)27-19(17)30/h1-6,9,17H,7-8,10-11H2,(H,26,32)(H,27,29,30)/t17-/m1/s1. The molecule has 0 aromatic heterocycles. The number of imide groups is 1. The molecule has 4 rings (SSSR count). The van der Waals surface area contributed by atoms with Crippen molar-refractivity contribution in [3.8, 4) is 0 Å². The van der Waals surface area contributed by atoms with Crippen LogP contribution in [0.3, 0.4) is 0 Å². The highest BCUT2D eigenvalue weighted by molar-refractivity contribution is 6.30. The van der Waals surface area contributed by atoms with Gasteiger partial charge in [0.25, 0.3) is 11.8 Å². The lowest BCUT2D eigenvalue weighted by atomic mass is 10.0. The minimum Gasteiger partial charge on any atom is -0.346 e. The lowest BCUT2D eigenvalue weighted by molar-refractivity contribution is -0.147. The molecule has 4 amide bonds. The number of hydrogen-bond donors (Lipinski definition) is 2. The molecule has 1 atom stereocenters. The quantitative estimate of drug-likeness (QED) is 0.669. The molecule has 10 heteroatoms. The maximum atomic E-state index is 14.4. The number of nitrogens with one attached hydrogen (secondary N) is 2. The number of amides is 4. The third-order valence-electron chi connectivity index (χ3n) is 5.53. The van der Waals surface area contributed by atoms with E-state index in [1.807, 2.05) is 0 Å². The molecule has 0 saturated carbocycles. The van der Waals surface area contributed by atoms with Crippen molar-refractivity contribution in [1.82, 2.24) is 15.5 Å². The van der Waals surface area contributed by atoms with Crippen molar-refractivity contribution >= 4 is 35.2 Å². The van der Waals surface area contributed by atoms with Gasteiger partial charge in [-0.25, -0.2) is 0 Å². The molecule has 166 valence electrons. The van der Waals surface area contributed by atoms with E-state index in [1.165, 1.54) is 17.0 Å². The lowest BCUT2D eigenvalue weighted by Gasteiger charge is -2.29. The highest BCUT2D eigenvalue weighted by atomic mass is 35.5. The van der Waals surface area contributed by atoms with Crippen molar-refractivity contribution in [3.05, 3.63) is 69.7 Å². The molecule has 2 aromatic carbocycles. The van der Waals surface area contributed by atoms with Crippen molar-refractivity contribution in [1.29, 1.82) is 0 Å². The second kappa shape index (κ2) is 8.31. The molecule has 0 spiro atoms. The fourth-order valence-corrected chi connectivity index (χ4v) is 3.95. The highest BCUT2D eigenvalue weighted by Crippen LogP contribution is 2.30. The molecule has 0 radical (unpaired) electrons. The van der Waals surface area contributed by atoms with Gasteiger partial charge in [0, 0.05) is 35.7 Å². The summed E-state index contributed by atoms with van der Waals surface area (Å²) >= 11 is 5.70. The van der Waals surface area contributed by atoms with E-state index in [4.69, 9.17) is 11.6 Å². The number of rotatable bonds is 5. The molecule has 0 aliphatic carbocycles. The number of halogens is 3. The molecule has 2 N–H and O–H groups in total. The zero-order chi connectivity index (χ0) is 23.0. The van der Waals surface area contributed by atoms with E-state index in [0.717, 1.165) is 12.1 Å². The van der Waals surface area contributed by atoms with Gasteiger partial charge in [0.1, 0.15) is 6.04 Å². The SMILES string of the molecule is O=C1CC[C@@H](N2Cc3cc(CNC(=O)C(F)(F)c4ccc(Cl)cc4)ccc3C2=O)C(=O)N1. The van der Waals surface area contributed by atoms with Crippen molar-refractivity contribution in [3.63, 3.8) is 0 Å². The average molecular weight is 462 g/mol. The first-order valence-electron chi connectivity index (χ1n) is 9.85. The Morgan fingerprint density at radius 3 is 2.56 bits per heavy atom. The minimum atomic E-state index is -3.74. The number of hydrogen-bond acceptors (Lipinski definition) is 4. The summed E-state index contributed by atoms with van der Waals surface area (Å²) in [6.45, 7) is -0.00886.